The van der Waals surface area contributed by atoms with Crippen LogP contribution in [-0.2, 0) is 0 Å². The summed E-state index contributed by atoms with van der Waals surface area (Å²) in [6, 6.07) is 8.88. The summed E-state index contributed by atoms with van der Waals surface area (Å²) in [6.45, 7) is 10.9. The SMILES string of the molecule is Cc1c(-c2[nH]c3ccc(C4CCN(c5ncccn5)CC4)cc3c2C(C)C)cn2ncnc2c1C. The molecule has 1 aliphatic rings. The van der Waals surface area contributed by atoms with Crippen LogP contribution >= 0.6 is 0 Å². The quantitative estimate of drug-likeness (QED) is 0.363. The monoisotopic (exact) mass is 465 g/mol. The molecule has 0 unspecified atom stereocenters. The molecule has 0 bridgehead atoms. The van der Waals surface area contributed by atoms with Crippen LogP contribution in [0.1, 0.15) is 60.8 Å². The summed E-state index contributed by atoms with van der Waals surface area (Å²) in [5.74, 6) is 1.78. The minimum Gasteiger partial charge on any atom is -0.354 e. The maximum absolute atomic E-state index is 4.43. The van der Waals surface area contributed by atoms with E-state index in [4.69, 9.17) is 0 Å². The Hall–Kier alpha value is -3.74. The first kappa shape index (κ1) is 21.8. The number of nitrogens with zero attached hydrogens (tertiary/aromatic N) is 6. The van der Waals surface area contributed by atoms with Crippen molar-refractivity contribution in [3.63, 3.8) is 0 Å². The van der Waals surface area contributed by atoms with Crippen LogP contribution in [0.5, 0.6) is 0 Å². The zero-order valence-electron chi connectivity index (χ0n) is 20.8. The van der Waals surface area contributed by atoms with Gasteiger partial charge in [-0.15, -0.1) is 0 Å². The zero-order chi connectivity index (χ0) is 24.1. The van der Waals surface area contributed by atoms with E-state index in [0.29, 0.717) is 11.8 Å². The van der Waals surface area contributed by atoms with Gasteiger partial charge in [0.15, 0.2) is 5.65 Å². The Morgan fingerprint density at radius 3 is 2.51 bits per heavy atom. The zero-order valence-corrected chi connectivity index (χ0v) is 20.8. The predicted octanol–water partition coefficient (Wildman–Crippen LogP) is 5.79. The predicted molar refractivity (Wildman–Crippen MR) is 140 cm³/mol. The Morgan fingerprint density at radius 1 is 1.00 bits per heavy atom. The Bertz CT molecular complexity index is 1510. The molecule has 1 saturated heterocycles. The normalized spacial score (nSPS) is 15.1. The molecular formula is C28H31N7. The van der Waals surface area contributed by atoms with Crippen molar-refractivity contribution in [3.8, 4) is 11.3 Å². The molecule has 35 heavy (non-hydrogen) atoms. The first-order valence-electron chi connectivity index (χ1n) is 12.5. The highest BCUT2D eigenvalue weighted by atomic mass is 15.3. The first-order valence-corrected chi connectivity index (χ1v) is 12.5. The molecule has 0 atom stereocenters. The van der Waals surface area contributed by atoms with Crippen LogP contribution in [0, 0.1) is 13.8 Å². The fraction of sp³-hybridized carbons (Fsp3) is 0.357. The number of rotatable bonds is 4. The van der Waals surface area contributed by atoms with Gasteiger partial charge < -0.3 is 9.88 Å². The van der Waals surface area contributed by atoms with Crippen LogP contribution in [0.3, 0.4) is 0 Å². The molecule has 0 aliphatic carbocycles. The standard InChI is InChI=1S/C28H31N7/c1-17(2)25-22-14-21(20-8-12-34(13-9-20)28-29-10-5-11-30-28)6-7-24(22)33-26(25)23-15-35-27(31-16-32-35)19(4)18(23)3/h5-7,10-11,14-17,20,33H,8-9,12-13H2,1-4H3. The molecule has 4 aromatic heterocycles. The van der Waals surface area contributed by atoms with Gasteiger partial charge in [-0.25, -0.2) is 19.5 Å². The lowest BCUT2D eigenvalue weighted by Gasteiger charge is -2.32. The highest BCUT2D eigenvalue weighted by Gasteiger charge is 2.24. The number of anilines is 1. The molecule has 7 nitrogen and oxygen atoms in total. The van der Waals surface area contributed by atoms with E-state index in [1.54, 1.807) is 6.33 Å². The van der Waals surface area contributed by atoms with Crippen LogP contribution in [-0.4, -0.2) is 42.6 Å². The molecule has 5 aromatic rings. The maximum Gasteiger partial charge on any atom is 0.225 e. The third kappa shape index (κ3) is 3.66. The van der Waals surface area contributed by atoms with Gasteiger partial charge in [0.1, 0.15) is 6.33 Å². The number of hydrogen-bond donors (Lipinski definition) is 1. The minimum atomic E-state index is 0.386. The van der Waals surface area contributed by atoms with Crippen LogP contribution in [0.15, 0.2) is 49.2 Å². The average Bonchev–Trinajstić information content (AvgIpc) is 3.51. The number of pyridine rings is 1. The third-order valence-corrected chi connectivity index (χ3v) is 7.64. The molecule has 5 heterocycles. The lowest BCUT2D eigenvalue weighted by Crippen LogP contribution is -2.34. The molecule has 0 spiro atoms. The first-order chi connectivity index (χ1) is 17.0. The van der Waals surface area contributed by atoms with Gasteiger partial charge in [-0.3, -0.25) is 0 Å². The number of piperidine rings is 1. The fourth-order valence-electron chi connectivity index (χ4n) is 5.62. The van der Waals surface area contributed by atoms with Gasteiger partial charge in [0.2, 0.25) is 5.95 Å². The van der Waals surface area contributed by atoms with E-state index in [2.05, 4.69) is 82.0 Å². The van der Waals surface area contributed by atoms with Crippen molar-refractivity contribution in [2.24, 2.45) is 0 Å². The molecule has 0 radical (unpaired) electrons. The fourth-order valence-corrected chi connectivity index (χ4v) is 5.62. The van der Waals surface area contributed by atoms with E-state index in [-0.39, 0.29) is 0 Å². The number of benzene rings is 1. The molecule has 0 saturated carbocycles. The van der Waals surface area contributed by atoms with E-state index in [9.17, 15) is 0 Å². The van der Waals surface area contributed by atoms with Gasteiger partial charge in [-0.1, -0.05) is 19.9 Å². The molecule has 6 rings (SSSR count). The number of fused-ring (bicyclic) bond motifs is 2. The Morgan fingerprint density at radius 2 is 1.77 bits per heavy atom. The molecule has 0 amide bonds. The Balaban J connectivity index is 1.37. The number of hydrogen-bond acceptors (Lipinski definition) is 5. The van der Waals surface area contributed by atoms with Crippen molar-refractivity contribution in [3.05, 3.63) is 71.4 Å². The third-order valence-electron chi connectivity index (χ3n) is 7.64. The lowest BCUT2D eigenvalue weighted by atomic mass is 9.87. The molecule has 7 heteroatoms. The van der Waals surface area contributed by atoms with Gasteiger partial charge >= 0.3 is 0 Å². The second kappa shape index (κ2) is 8.48. The summed E-state index contributed by atoms with van der Waals surface area (Å²) < 4.78 is 1.89. The van der Waals surface area contributed by atoms with Crippen molar-refractivity contribution < 1.29 is 0 Å². The van der Waals surface area contributed by atoms with Crippen LogP contribution < -0.4 is 4.90 Å². The summed E-state index contributed by atoms with van der Waals surface area (Å²) >= 11 is 0. The molecule has 1 aliphatic heterocycles. The number of nitrogens with one attached hydrogen (secondary N) is 1. The van der Waals surface area contributed by atoms with Crippen LogP contribution in [0.4, 0.5) is 5.95 Å². The molecule has 1 N–H and O–H groups in total. The molecule has 1 aromatic carbocycles. The van der Waals surface area contributed by atoms with E-state index in [0.717, 1.165) is 37.5 Å². The summed E-state index contributed by atoms with van der Waals surface area (Å²) in [7, 11) is 0. The van der Waals surface area contributed by atoms with Gasteiger partial charge in [-0.05, 0) is 79.0 Å². The van der Waals surface area contributed by atoms with Crippen molar-refractivity contribution in [2.75, 3.05) is 18.0 Å². The number of aryl methyl sites for hydroxylation is 1. The van der Waals surface area contributed by atoms with E-state index < -0.39 is 0 Å². The number of aromatic amines is 1. The highest BCUT2D eigenvalue weighted by molar-refractivity contribution is 5.92. The highest BCUT2D eigenvalue weighted by Crippen LogP contribution is 2.40. The van der Waals surface area contributed by atoms with Crippen molar-refractivity contribution in [1.29, 1.82) is 0 Å². The summed E-state index contributed by atoms with van der Waals surface area (Å²) in [4.78, 5) is 19.4. The number of H-pyrrole nitrogens is 1. The second-order valence-electron chi connectivity index (χ2n) is 10.0. The van der Waals surface area contributed by atoms with Gasteiger partial charge in [0.05, 0.1) is 5.69 Å². The largest absolute Gasteiger partial charge is 0.354 e. The van der Waals surface area contributed by atoms with Crippen molar-refractivity contribution in [2.45, 2.75) is 52.4 Å². The topological polar surface area (TPSA) is 75.0 Å². The summed E-state index contributed by atoms with van der Waals surface area (Å²) in [6.07, 6.45) is 9.61. The molecule has 1 fully saturated rings. The average molecular weight is 466 g/mol. The lowest BCUT2D eigenvalue weighted by molar-refractivity contribution is 0.500. The van der Waals surface area contributed by atoms with Gasteiger partial charge in [-0.2, -0.15) is 5.10 Å². The Labute approximate surface area is 205 Å². The van der Waals surface area contributed by atoms with E-state index >= 15 is 0 Å². The second-order valence-corrected chi connectivity index (χ2v) is 10.0. The minimum absolute atomic E-state index is 0.386. The molecular weight excluding hydrogens is 434 g/mol. The smallest absolute Gasteiger partial charge is 0.225 e. The maximum atomic E-state index is 4.43. The van der Waals surface area contributed by atoms with E-state index in [1.165, 1.54) is 44.4 Å². The van der Waals surface area contributed by atoms with E-state index in [1.807, 2.05) is 23.0 Å². The van der Waals surface area contributed by atoms with Crippen molar-refractivity contribution in [1.82, 2.24) is 29.5 Å². The van der Waals surface area contributed by atoms with Crippen molar-refractivity contribution >= 4 is 22.5 Å². The van der Waals surface area contributed by atoms with Gasteiger partial charge in [0.25, 0.3) is 0 Å². The molecule has 178 valence electrons. The van der Waals surface area contributed by atoms with Crippen LogP contribution in [0.2, 0.25) is 0 Å². The summed E-state index contributed by atoms with van der Waals surface area (Å²) in [5.41, 5.74) is 9.72. The summed E-state index contributed by atoms with van der Waals surface area (Å²) in [5, 5.41) is 5.75. The van der Waals surface area contributed by atoms with Gasteiger partial charge in [0, 0.05) is 48.1 Å². The number of aromatic nitrogens is 6. The Kier molecular flexibility index (Phi) is 5.28. The van der Waals surface area contributed by atoms with Crippen LogP contribution in [0.25, 0.3) is 27.8 Å².